The van der Waals surface area contributed by atoms with Gasteiger partial charge in [0.2, 0.25) is 10.0 Å². The molecule has 3 rings (SSSR count). The topological polar surface area (TPSA) is 63.2 Å². The highest BCUT2D eigenvalue weighted by atomic mass is 32.2. The number of hydrogen-bond acceptors (Lipinski definition) is 4. The fourth-order valence-corrected chi connectivity index (χ4v) is 4.38. The predicted octanol–water partition coefficient (Wildman–Crippen LogP) is 2.49. The van der Waals surface area contributed by atoms with Crippen molar-refractivity contribution in [3.05, 3.63) is 53.9 Å². The van der Waals surface area contributed by atoms with Crippen molar-refractivity contribution in [2.24, 2.45) is 0 Å². The summed E-state index contributed by atoms with van der Waals surface area (Å²) in [5.41, 5.74) is 0.872. The summed E-state index contributed by atoms with van der Waals surface area (Å²) in [7, 11) is -3.61. The van der Waals surface area contributed by atoms with Gasteiger partial charge in [-0.2, -0.15) is 4.31 Å². The lowest BCUT2D eigenvalue weighted by atomic mass is 9.96. The smallest absolute Gasteiger partial charge is 0.242 e. The second-order valence-electron chi connectivity index (χ2n) is 5.68. The van der Waals surface area contributed by atoms with E-state index in [9.17, 15) is 12.8 Å². The summed E-state index contributed by atoms with van der Waals surface area (Å²) in [5.74, 6) is 0.290. The molecule has 122 valence electrons. The molecule has 0 bridgehead atoms. The van der Waals surface area contributed by atoms with Gasteiger partial charge >= 0.3 is 0 Å². The van der Waals surface area contributed by atoms with E-state index in [1.807, 2.05) is 13.0 Å². The number of sulfonamides is 1. The largest absolute Gasteiger partial charge is 0.243 e. The number of aromatic nitrogens is 2. The first kappa shape index (κ1) is 16.0. The summed E-state index contributed by atoms with van der Waals surface area (Å²) in [5, 5.41) is 0. The van der Waals surface area contributed by atoms with E-state index in [0.717, 1.165) is 18.5 Å². The molecule has 0 N–H and O–H groups in total. The summed E-state index contributed by atoms with van der Waals surface area (Å²) >= 11 is 0. The molecule has 1 aliphatic rings. The zero-order valence-corrected chi connectivity index (χ0v) is 13.6. The quantitative estimate of drug-likeness (QED) is 0.864. The van der Waals surface area contributed by atoms with E-state index in [1.165, 1.54) is 28.6 Å². The summed E-state index contributed by atoms with van der Waals surface area (Å²) in [4.78, 5) is 8.62. The first-order chi connectivity index (χ1) is 11.0. The van der Waals surface area contributed by atoms with Gasteiger partial charge in [-0.15, -0.1) is 0 Å². The minimum absolute atomic E-state index is 0.0562. The van der Waals surface area contributed by atoms with Crippen LogP contribution in [0.15, 0.2) is 41.4 Å². The maximum atomic E-state index is 13.0. The summed E-state index contributed by atoms with van der Waals surface area (Å²) in [6.45, 7) is 2.68. The van der Waals surface area contributed by atoms with Gasteiger partial charge in [0.1, 0.15) is 11.6 Å². The van der Waals surface area contributed by atoms with Gasteiger partial charge in [0.05, 0.1) is 4.90 Å². The van der Waals surface area contributed by atoms with Crippen LogP contribution in [0.25, 0.3) is 0 Å². The molecule has 0 spiro atoms. The van der Waals surface area contributed by atoms with E-state index in [2.05, 4.69) is 9.97 Å². The summed E-state index contributed by atoms with van der Waals surface area (Å²) in [6.07, 6.45) is 3.37. The highest BCUT2D eigenvalue weighted by molar-refractivity contribution is 7.89. The predicted molar refractivity (Wildman–Crippen MR) is 83.9 cm³/mol. The Kier molecular flexibility index (Phi) is 4.41. The van der Waals surface area contributed by atoms with Crippen LogP contribution in [0.5, 0.6) is 0 Å². The van der Waals surface area contributed by atoms with Crippen molar-refractivity contribution in [2.75, 3.05) is 13.1 Å². The summed E-state index contributed by atoms with van der Waals surface area (Å²) in [6, 6.07) is 6.79. The second kappa shape index (κ2) is 6.33. The Morgan fingerprint density at radius 2 is 1.96 bits per heavy atom. The molecule has 0 unspecified atom stereocenters. The lowest BCUT2D eigenvalue weighted by Crippen LogP contribution is -2.39. The lowest BCUT2D eigenvalue weighted by molar-refractivity contribution is 0.312. The van der Waals surface area contributed by atoms with Crippen LogP contribution in [0.3, 0.4) is 0 Å². The SMILES string of the molecule is Cc1nccc([C@@H]2CCCN(S(=O)(=O)c3ccc(F)cc3)C2)n1. The van der Waals surface area contributed by atoms with E-state index < -0.39 is 15.8 Å². The fraction of sp³-hybridized carbons (Fsp3) is 0.375. The van der Waals surface area contributed by atoms with Crippen molar-refractivity contribution in [1.82, 2.24) is 14.3 Å². The fourth-order valence-electron chi connectivity index (χ4n) is 2.86. The molecule has 1 aromatic carbocycles. The van der Waals surface area contributed by atoms with Crippen LogP contribution in [-0.4, -0.2) is 35.8 Å². The standard InChI is InChI=1S/C16H18FN3O2S/c1-12-18-9-8-16(19-12)13-3-2-10-20(11-13)23(21,22)15-6-4-14(17)5-7-15/h4-9,13H,2-3,10-11H2,1H3/t13-/m1/s1. The van der Waals surface area contributed by atoms with Crippen LogP contribution in [0.1, 0.15) is 30.3 Å². The maximum Gasteiger partial charge on any atom is 0.243 e. The minimum Gasteiger partial charge on any atom is -0.242 e. The van der Waals surface area contributed by atoms with Gasteiger partial charge in [0, 0.05) is 30.9 Å². The van der Waals surface area contributed by atoms with Crippen molar-refractivity contribution in [3.63, 3.8) is 0 Å². The zero-order valence-electron chi connectivity index (χ0n) is 12.8. The molecular weight excluding hydrogens is 317 g/mol. The third kappa shape index (κ3) is 3.40. The van der Waals surface area contributed by atoms with E-state index in [-0.39, 0.29) is 10.8 Å². The molecule has 1 fully saturated rings. The van der Waals surface area contributed by atoms with Crippen LogP contribution in [0.4, 0.5) is 4.39 Å². The molecule has 1 aromatic heterocycles. The van der Waals surface area contributed by atoms with Crippen molar-refractivity contribution < 1.29 is 12.8 Å². The van der Waals surface area contributed by atoms with Crippen LogP contribution >= 0.6 is 0 Å². The number of piperidine rings is 1. The molecule has 0 aliphatic carbocycles. The molecule has 7 heteroatoms. The minimum atomic E-state index is -3.61. The highest BCUT2D eigenvalue weighted by Crippen LogP contribution is 2.29. The van der Waals surface area contributed by atoms with Gasteiger partial charge in [-0.05, 0) is 50.1 Å². The van der Waals surface area contributed by atoms with Crippen LogP contribution < -0.4 is 0 Å². The molecule has 23 heavy (non-hydrogen) atoms. The first-order valence-electron chi connectivity index (χ1n) is 7.52. The third-order valence-corrected chi connectivity index (χ3v) is 5.93. The van der Waals surface area contributed by atoms with E-state index in [4.69, 9.17) is 0 Å². The number of benzene rings is 1. The van der Waals surface area contributed by atoms with E-state index in [0.29, 0.717) is 18.9 Å². The van der Waals surface area contributed by atoms with Gasteiger partial charge in [0.15, 0.2) is 0 Å². The molecule has 0 amide bonds. The Labute approximate surface area is 135 Å². The van der Waals surface area contributed by atoms with Crippen LogP contribution in [-0.2, 0) is 10.0 Å². The van der Waals surface area contributed by atoms with Gasteiger partial charge in [-0.1, -0.05) is 0 Å². The monoisotopic (exact) mass is 335 g/mol. The molecular formula is C16H18FN3O2S. The van der Waals surface area contributed by atoms with Crippen molar-refractivity contribution in [2.45, 2.75) is 30.6 Å². The molecule has 5 nitrogen and oxygen atoms in total. The summed E-state index contributed by atoms with van der Waals surface area (Å²) < 4.78 is 39.9. The lowest BCUT2D eigenvalue weighted by Gasteiger charge is -2.31. The molecule has 1 atom stereocenters. The van der Waals surface area contributed by atoms with Gasteiger partial charge in [-0.25, -0.2) is 22.8 Å². The molecule has 2 aromatic rings. The molecule has 0 radical (unpaired) electrons. The molecule has 1 saturated heterocycles. The Hall–Kier alpha value is -1.86. The van der Waals surface area contributed by atoms with Crippen LogP contribution in [0, 0.1) is 12.7 Å². The Balaban J connectivity index is 1.84. The van der Waals surface area contributed by atoms with Gasteiger partial charge < -0.3 is 0 Å². The molecule has 1 aliphatic heterocycles. The Bertz CT molecular complexity index is 793. The van der Waals surface area contributed by atoms with Crippen molar-refractivity contribution >= 4 is 10.0 Å². The molecule has 2 heterocycles. The Morgan fingerprint density at radius 3 is 2.65 bits per heavy atom. The maximum absolute atomic E-state index is 13.0. The second-order valence-corrected chi connectivity index (χ2v) is 7.62. The zero-order chi connectivity index (χ0) is 16.4. The van der Waals surface area contributed by atoms with Gasteiger partial charge in [-0.3, -0.25) is 0 Å². The average Bonchev–Trinajstić information content (AvgIpc) is 2.55. The third-order valence-electron chi connectivity index (χ3n) is 4.05. The average molecular weight is 335 g/mol. The number of aryl methyl sites for hydroxylation is 1. The highest BCUT2D eigenvalue weighted by Gasteiger charge is 2.31. The van der Waals surface area contributed by atoms with Gasteiger partial charge in [0.25, 0.3) is 0 Å². The molecule has 0 saturated carbocycles. The number of hydrogen-bond donors (Lipinski definition) is 0. The normalized spacial score (nSPS) is 19.7. The first-order valence-corrected chi connectivity index (χ1v) is 8.96. The number of rotatable bonds is 3. The Morgan fingerprint density at radius 1 is 1.22 bits per heavy atom. The van der Waals surface area contributed by atoms with Crippen LogP contribution in [0.2, 0.25) is 0 Å². The van der Waals surface area contributed by atoms with E-state index in [1.54, 1.807) is 6.20 Å². The van der Waals surface area contributed by atoms with E-state index >= 15 is 0 Å². The van der Waals surface area contributed by atoms with Crippen molar-refractivity contribution in [3.8, 4) is 0 Å². The number of halogens is 1. The number of nitrogens with zero attached hydrogens (tertiary/aromatic N) is 3. The van der Waals surface area contributed by atoms with Crippen molar-refractivity contribution in [1.29, 1.82) is 0 Å².